The Balaban J connectivity index is 2.68. The lowest BCUT2D eigenvalue weighted by Crippen LogP contribution is -2.11. The number of thiol groups is 1. The SMILES string of the molecule is CC(C)Nc1cccc(NC(C)S)c1. The Morgan fingerprint density at radius 1 is 1.07 bits per heavy atom. The minimum absolute atomic E-state index is 0.171. The van der Waals surface area contributed by atoms with E-state index >= 15 is 0 Å². The van der Waals surface area contributed by atoms with Gasteiger partial charge in [0.25, 0.3) is 0 Å². The maximum atomic E-state index is 4.28. The molecule has 0 amide bonds. The van der Waals surface area contributed by atoms with Gasteiger partial charge in [0.05, 0.1) is 5.37 Å². The highest BCUT2D eigenvalue weighted by molar-refractivity contribution is 7.81. The summed E-state index contributed by atoms with van der Waals surface area (Å²) in [6.07, 6.45) is 0. The van der Waals surface area contributed by atoms with Crippen LogP contribution in [0.15, 0.2) is 24.3 Å². The standard InChI is InChI=1S/C11H18N2S/c1-8(2)12-10-5-4-6-11(7-10)13-9(3)14/h4-9,12-14H,1-3H3. The fourth-order valence-corrected chi connectivity index (χ4v) is 1.42. The molecule has 0 aliphatic heterocycles. The summed E-state index contributed by atoms with van der Waals surface area (Å²) in [4.78, 5) is 0. The van der Waals surface area contributed by atoms with Crippen LogP contribution >= 0.6 is 12.6 Å². The van der Waals surface area contributed by atoms with Gasteiger partial charge in [-0.3, -0.25) is 0 Å². The van der Waals surface area contributed by atoms with Gasteiger partial charge >= 0.3 is 0 Å². The van der Waals surface area contributed by atoms with E-state index in [2.05, 4.69) is 49.2 Å². The molecule has 1 aromatic carbocycles. The van der Waals surface area contributed by atoms with Crippen molar-refractivity contribution in [2.24, 2.45) is 0 Å². The Hall–Kier alpha value is -0.830. The third kappa shape index (κ3) is 3.92. The maximum Gasteiger partial charge on any atom is 0.0665 e. The van der Waals surface area contributed by atoms with E-state index in [0.717, 1.165) is 11.4 Å². The second-order valence-corrected chi connectivity index (χ2v) is 4.47. The second kappa shape index (κ2) is 5.15. The summed E-state index contributed by atoms with van der Waals surface area (Å²) in [6.45, 7) is 6.26. The summed E-state index contributed by atoms with van der Waals surface area (Å²) in [5.74, 6) is 0. The summed E-state index contributed by atoms with van der Waals surface area (Å²) < 4.78 is 0. The van der Waals surface area contributed by atoms with E-state index in [1.807, 2.05) is 19.1 Å². The van der Waals surface area contributed by atoms with Crippen molar-refractivity contribution in [1.29, 1.82) is 0 Å². The van der Waals surface area contributed by atoms with Crippen molar-refractivity contribution < 1.29 is 0 Å². The molecule has 0 heterocycles. The second-order valence-electron chi connectivity index (χ2n) is 3.70. The first-order valence-corrected chi connectivity index (χ1v) is 5.41. The first-order chi connectivity index (χ1) is 6.58. The molecule has 3 heteroatoms. The van der Waals surface area contributed by atoms with Crippen molar-refractivity contribution in [2.45, 2.75) is 32.2 Å². The van der Waals surface area contributed by atoms with Gasteiger partial charge < -0.3 is 10.6 Å². The molecule has 2 N–H and O–H groups in total. The number of nitrogens with one attached hydrogen (secondary N) is 2. The van der Waals surface area contributed by atoms with E-state index in [1.54, 1.807) is 0 Å². The van der Waals surface area contributed by atoms with Crippen LogP contribution in [0, 0.1) is 0 Å². The summed E-state index contributed by atoms with van der Waals surface area (Å²) in [6, 6.07) is 8.68. The van der Waals surface area contributed by atoms with Gasteiger partial charge in [0, 0.05) is 17.4 Å². The van der Waals surface area contributed by atoms with Crippen molar-refractivity contribution in [1.82, 2.24) is 0 Å². The van der Waals surface area contributed by atoms with Crippen molar-refractivity contribution in [3.63, 3.8) is 0 Å². The molecule has 0 spiro atoms. The van der Waals surface area contributed by atoms with Crippen molar-refractivity contribution in [3.8, 4) is 0 Å². The van der Waals surface area contributed by atoms with E-state index in [9.17, 15) is 0 Å². The molecule has 1 aromatic rings. The van der Waals surface area contributed by atoms with Crippen LogP contribution in [-0.4, -0.2) is 11.4 Å². The van der Waals surface area contributed by atoms with Crippen LogP contribution in [0.25, 0.3) is 0 Å². The number of benzene rings is 1. The lowest BCUT2D eigenvalue weighted by molar-refractivity contribution is 0.900. The molecule has 78 valence electrons. The van der Waals surface area contributed by atoms with Gasteiger partial charge in [-0.05, 0) is 39.0 Å². The Morgan fingerprint density at radius 2 is 1.64 bits per heavy atom. The van der Waals surface area contributed by atoms with Crippen molar-refractivity contribution in [3.05, 3.63) is 24.3 Å². The van der Waals surface area contributed by atoms with E-state index in [-0.39, 0.29) is 5.37 Å². The number of hydrogen-bond donors (Lipinski definition) is 3. The predicted molar refractivity (Wildman–Crippen MR) is 67.3 cm³/mol. The van der Waals surface area contributed by atoms with Crippen molar-refractivity contribution in [2.75, 3.05) is 10.6 Å². The first-order valence-electron chi connectivity index (χ1n) is 4.89. The minimum atomic E-state index is 0.171. The molecule has 0 saturated heterocycles. The molecular weight excluding hydrogens is 192 g/mol. The number of anilines is 2. The Bertz CT molecular complexity index is 259. The van der Waals surface area contributed by atoms with Crippen LogP contribution < -0.4 is 10.6 Å². The zero-order chi connectivity index (χ0) is 10.6. The predicted octanol–water partition coefficient (Wildman–Crippen LogP) is 3.19. The van der Waals surface area contributed by atoms with Gasteiger partial charge in [-0.15, -0.1) is 0 Å². The lowest BCUT2D eigenvalue weighted by atomic mass is 10.2. The van der Waals surface area contributed by atoms with Crippen LogP contribution in [0.1, 0.15) is 20.8 Å². The van der Waals surface area contributed by atoms with E-state index in [4.69, 9.17) is 0 Å². The van der Waals surface area contributed by atoms with Gasteiger partial charge in [0.2, 0.25) is 0 Å². The molecule has 0 saturated carbocycles. The van der Waals surface area contributed by atoms with Crippen LogP contribution in [0.3, 0.4) is 0 Å². The van der Waals surface area contributed by atoms with Crippen LogP contribution in [0.5, 0.6) is 0 Å². The minimum Gasteiger partial charge on any atom is -0.383 e. The average molecular weight is 210 g/mol. The smallest absolute Gasteiger partial charge is 0.0665 e. The molecule has 1 atom stereocenters. The Morgan fingerprint density at radius 3 is 2.14 bits per heavy atom. The molecular formula is C11H18N2S. The van der Waals surface area contributed by atoms with Crippen molar-refractivity contribution >= 4 is 24.0 Å². The fraction of sp³-hybridized carbons (Fsp3) is 0.455. The lowest BCUT2D eigenvalue weighted by Gasteiger charge is -2.13. The third-order valence-electron chi connectivity index (χ3n) is 1.69. The van der Waals surface area contributed by atoms with Gasteiger partial charge in [0.1, 0.15) is 0 Å². The molecule has 1 unspecified atom stereocenters. The van der Waals surface area contributed by atoms with Gasteiger partial charge in [-0.1, -0.05) is 6.07 Å². The molecule has 0 aliphatic carbocycles. The maximum absolute atomic E-state index is 4.28. The highest BCUT2D eigenvalue weighted by Crippen LogP contribution is 2.17. The Kier molecular flexibility index (Phi) is 4.14. The summed E-state index contributed by atoms with van der Waals surface area (Å²) >= 11 is 4.28. The van der Waals surface area contributed by atoms with Crippen LogP contribution in [0.4, 0.5) is 11.4 Å². The quantitative estimate of drug-likeness (QED) is 0.525. The van der Waals surface area contributed by atoms with Crippen LogP contribution in [-0.2, 0) is 0 Å². The fourth-order valence-electron chi connectivity index (χ4n) is 1.27. The molecule has 0 aromatic heterocycles. The molecule has 0 fully saturated rings. The largest absolute Gasteiger partial charge is 0.383 e. The van der Waals surface area contributed by atoms with Gasteiger partial charge in [0.15, 0.2) is 0 Å². The van der Waals surface area contributed by atoms with E-state index in [1.165, 1.54) is 0 Å². The summed E-state index contributed by atoms with van der Waals surface area (Å²) in [5, 5.41) is 6.77. The molecule has 0 radical (unpaired) electrons. The zero-order valence-corrected chi connectivity index (χ0v) is 9.81. The Labute approximate surface area is 91.5 Å². The monoisotopic (exact) mass is 210 g/mol. The summed E-state index contributed by atoms with van der Waals surface area (Å²) in [5.41, 5.74) is 2.23. The highest BCUT2D eigenvalue weighted by Gasteiger charge is 1.98. The van der Waals surface area contributed by atoms with E-state index in [0.29, 0.717) is 6.04 Å². The highest BCUT2D eigenvalue weighted by atomic mass is 32.1. The molecule has 2 nitrogen and oxygen atoms in total. The molecule has 0 aliphatic rings. The van der Waals surface area contributed by atoms with Gasteiger partial charge in [-0.2, -0.15) is 12.6 Å². The molecule has 14 heavy (non-hydrogen) atoms. The number of hydrogen-bond acceptors (Lipinski definition) is 3. The first kappa shape index (κ1) is 11.2. The average Bonchev–Trinajstić information content (AvgIpc) is 2.01. The van der Waals surface area contributed by atoms with Gasteiger partial charge in [-0.25, -0.2) is 0 Å². The normalized spacial score (nSPS) is 12.6. The molecule has 1 rings (SSSR count). The number of rotatable bonds is 4. The molecule has 0 bridgehead atoms. The zero-order valence-electron chi connectivity index (χ0n) is 8.91. The third-order valence-corrected chi connectivity index (χ3v) is 1.82. The summed E-state index contributed by atoms with van der Waals surface area (Å²) in [7, 11) is 0. The van der Waals surface area contributed by atoms with Crippen LogP contribution in [0.2, 0.25) is 0 Å². The topological polar surface area (TPSA) is 24.1 Å². The van der Waals surface area contributed by atoms with E-state index < -0.39 is 0 Å².